The van der Waals surface area contributed by atoms with E-state index in [2.05, 4.69) is 19.2 Å². The highest BCUT2D eigenvalue weighted by Gasteiger charge is 2.39. The maximum atomic E-state index is 12.3. The van der Waals surface area contributed by atoms with Crippen molar-refractivity contribution in [2.45, 2.75) is 13.3 Å². The fraction of sp³-hybridized carbons (Fsp3) is 0.400. The van der Waals surface area contributed by atoms with Gasteiger partial charge in [0.05, 0.1) is 18.6 Å². The molecule has 0 N–H and O–H groups in total. The molecule has 116 valence electrons. The lowest BCUT2D eigenvalue weighted by atomic mass is 10.2. The number of rotatable bonds is 5. The number of aromatic nitrogens is 1. The van der Waals surface area contributed by atoms with Crippen LogP contribution in [0.2, 0.25) is 0 Å². The van der Waals surface area contributed by atoms with Gasteiger partial charge in [-0.2, -0.15) is 4.98 Å². The van der Waals surface area contributed by atoms with Crippen molar-refractivity contribution >= 4 is 11.7 Å². The molecule has 0 aliphatic carbocycles. The molecule has 1 aromatic rings. The predicted octanol–water partition coefficient (Wildman–Crippen LogP) is 2.07. The van der Waals surface area contributed by atoms with Crippen molar-refractivity contribution in [1.82, 2.24) is 4.98 Å². The molecule has 21 heavy (non-hydrogen) atoms. The highest BCUT2D eigenvalue weighted by atomic mass is 19.4. The third kappa shape index (κ3) is 4.19. The third-order valence-corrected chi connectivity index (χ3v) is 2.04. The zero-order valence-corrected chi connectivity index (χ0v) is 10.8. The van der Waals surface area contributed by atoms with Crippen molar-refractivity contribution in [3.05, 3.63) is 21.7 Å². The quantitative estimate of drug-likeness (QED) is 0.466. The second-order valence-corrected chi connectivity index (χ2v) is 3.39. The summed E-state index contributed by atoms with van der Waals surface area (Å²) in [5.74, 6) is -3.07. The fourth-order valence-corrected chi connectivity index (χ4v) is 1.32. The Labute approximate surface area is 115 Å². The van der Waals surface area contributed by atoms with Crippen molar-refractivity contribution < 1.29 is 37.1 Å². The molecule has 0 aliphatic rings. The van der Waals surface area contributed by atoms with Gasteiger partial charge in [-0.3, -0.25) is 10.1 Å². The Morgan fingerprint density at radius 3 is 2.52 bits per heavy atom. The van der Waals surface area contributed by atoms with Crippen molar-refractivity contribution in [2.24, 2.45) is 0 Å². The summed E-state index contributed by atoms with van der Waals surface area (Å²) in [6.45, 7) is 1.30. The van der Waals surface area contributed by atoms with Crippen molar-refractivity contribution in [3.63, 3.8) is 0 Å². The molecule has 0 fully saturated rings. The van der Waals surface area contributed by atoms with E-state index in [0.717, 1.165) is 13.2 Å². The first-order valence-electron chi connectivity index (χ1n) is 5.35. The van der Waals surface area contributed by atoms with Crippen LogP contribution in [0.25, 0.3) is 0 Å². The molecule has 0 aromatic carbocycles. The van der Waals surface area contributed by atoms with E-state index >= 15 is 0 Å². The average Bonchev–Trinajstić information content (AvgIpc) is 2.35. The van der Waals surface area contributed by atoms with E-state index in [1.165, 1.54) is 6.92 Å². The number of hydrogen-bond acceptors (Lipinski definition) is 7. The Bertz CT molecular complexity index is 560. The van der Waals surface area contributed by atoms with E-state index in [1.54, 1.807) is 0 Å². The van der Waals surface area contributed by atoms with Crippen LogP contribution in [0.5, 0.6) is 11.8 Å². The number of ether oxygens (including phenoxy) is 3. The molecule has 1 heterocycles. The van der Waals surface area contributed by atoms with Crippen LogP contribution in [0.1, 0.15) is 17.3 Å². The molecule has 0 amide bonds. The molecule has 0 spiro atoms. The normalized spacial score (nSPS) is 10.9. The van der Waals surface area contributed by atoms with E-state index in [1.807, 2.05) is 0 Å². The molecular formula is C10H9F3N2O6. The minimum atomic E-state index is -5.23. The van der Waals surface area contributed by atoms with Gasteiger partial charge in [0.2, 0.25) is 5.88 Å². The van der Waals surface area contributed by atoms with Crippen LogP contribution in [0.3, 0.4) is 0 Å². The number of alkyl halides is 3. The number of methoxy groups -OCH3 is 1. The van der Waals surface area contributed by atoms with Crippen LogP contribution in [-0.4, -0.2) is 36.0 Å². The van der Waals surface area contributed by atoms with Gasteiger partial charge in [0.1, 0.15) is 5.56 Å². The lowest BCUT2D eigenvalue weighted by Gasteiger charge is -2.11. The molecule has 0 radical (unpaired) electrons. The summed E-state index contributed by atoms with van der Waals surface area (Å²) in [5, 5.41) is 10.9. The van der Waals surface area contributed by atoms with Gasteiger partial charge >= 0.3 is 23.9 Å². The first-order chi connectivity index (χ1) is 9.69. The van der Waals surface area contributed by atoms with E-state index in [0.29, 0.717) is 0 Å². The molecule has 0 saturated heterocycles. The Morgan fingerprint density at radius 1 is 1.48 bits per heavy atom. The maximum absolute atomic E-state index is 12.3. The third-order valence-electron chi connectivity index (χ3n) is 2.04. The van der Waals surface area contributed by atoms with Gasteiger partial charge in [0, 0.05) is 6.07 Å². The number of pyridine rings is 1. The minimum Gasteiger partial charge on any atom is -0.481 e. The Kier molecular flexibility index (Phi) is 4.89. The predicted molar refractivity (Wildman–Crippen MR) is 60.1 cm³/mol. The number of carbonyl (C=O) groups excluding carboxylic acids is 1. The standard InChI is InChI=1S/C10H9F3N2O6/c1-3-20-9(16)5-4-6(19-2)14-8(7(5)15(17)18)21-10(11,12)13/h4H,3H2,1-2H3. The smallest absolute Gasteiger partial charge is 0.481 e. The van der Waals surface area contributed by atoms with Crippen LogP contribution in [0.4, 0.5) is 18.9 Å². The first kappa shape index (κ1) is 16.5. The average molecular weight is 310 g/mol. The monoisotopic (exact) mass is 310 g/mol. The number of esters is 1. The fourth-order valence-electron chi connectivity index (χ4n) is 1.32. The minimum absolute atomic E-state index is 0.129. The first-order valence-corrected chi connectivity index (χ1v) is 5.35. The summed E-state index contributed by atoms with van der Waals surface area (Å²) in [6.07, 6.45) is -5.23. The van der Waals surface area contributed by atoms with Crippen molar-refractivity contribution in [2.75, 3.05) is 13.7 Å². The van der Waals surface area contributed by atoms with E-state index in [9.17, 15) is 28.1 Å². The van der Waals surface area contributed by atoms with Crippen molar-refractivity contribution in [1.29, 1.82) is 0 Å². The second-order valence-electron chi connectivity index (χ2n) is 3.39. The summed E-state index contributed by atoms with van der Waals surface area (Å²) >= 11 is 0. The number of hydrogen-bond donors (Lipinski definition) is 0. The zero-order valence-electron chi connectivity index (χ0n) is 10.8. The van der Waals surface area contributed by atoms with Crippen molar-refractivity contribution in [3.8, 4) is 11.8 Å². The zero-order chi connectivity index (χ0) is 16.2. The summed E-state index contributed by atoms with van der Waals surface area (Å²) in [4.78, 5) is 24.5. The topological polar surface area (TPSA) is 101 Å². The molecule has 1 aromatic heterocycles. The Morgan fingerprint density at radius 2 is 2.10 bits per heavy atom. The SMILES string of the molecule is CCOC(=O)c1cc(OC)nc(OC(F)(F)F)c1[N+](=O)[O-]. The number of halogens is 3. The van der Waals surface area contributed by atoms with Crippen LogP contribution in [0, 0.1) is 10.1 Å². The molecule has 0 aliphatic heterocycles. The Hall–Kier alpha value is -2.59. The summed E-state index contributed by atoms with van der Waals surface area (Å²) in [6, 6.07) is 0.791. The largest absolute Gasteiger partial charge is 0.574 e. The highest BCUT2D eigenvalue weighted by Crippen LogP contribution is 2.35. The molecule has 0 saturated carbocycles. The summed E-state index contributed by atoms with van der Waals surface area (Å²) in [5.41, 5.74) is -2.01. The summed E-state index contributed by atoms with van der Waals surface area (Å²) in [7, 11) is 1.06. The number of carbonyl (C=O) groups is 1. The molecule has 0 bridgehead atoms. The molecule has 0 atom stereocenters. The lowest BCUT2D eigenvalue weighted by molar-refractivity contribution is -0.389. The van der Waals surface area contributed by atoms with Crippen LogP contribution in [-0.2, 0) is 4.74 Å². The van der Waals surface area contributed by atoms with Crippen LogP contribution < -0.4 is 9.47 Å². The van der Waals surface area contributed by atoms with Gasteiger partial charge in [-0.1, -0.05) is 0 Å². The van der Waals surface area contributed by atoms with E-state index in [-0.39, 0.29) is 6.61 Å². The number of nitrogens with zero attached hydrogens (tertiary/aromatic N) is 2. The Balaban J connectivity index is 3.50. The molecule has 0 unspecified atom stereocenters. The van der Waals surface area contributed by atoms with Gasteiger partial charge in [0.15, 0.2) is 0 Å². The maximum Gasteiger partial charge on any atom is 0.574 e. The molecule has 1 rings (SSSR count). The van der Waals surface area contributed by atoms with E-state index < -0.39 is 40.3 Å². The molecule has 11 heteroatoms. The van der Waals surface area contributed by atoms with Gasteiger partial charge in [-0.15, -0.1) is 13.2 Å². The van der Waals surface area contributed by atoms with Gasteiger partial charge in [0.25, 0.3) is 0 Å². The second kappa shape index (κ2) is 6.24. The van der Waals surface area contributed by atoms with Crippen LogP contribution >= 0.6 is 0 Å². The molecule has 8 nitrogen and oxygen atoms in total. The number of nitro groups is 1. The molecular weight excluding hydrogens is 301 g/mol. The highest BCUT2D eigenvalue weighted by molar-refractivity contribution is 5.95. The van der Waals surface area contributed by atoms with Gasteiger partial charge in [-0.05, 0) is 6.92 Å². The van der Waals surface area contributed by atoms with Gasteiger partial charge in [-0.25, -0.2) is 4.79 Å². The lowest BCUT2D eigenvalue weighted by Crippen LogP contribution is -2.20. The summed E-state index contributed by atoms with van der Waals surface area (Å²) < 4.78 is 49.4. The van der Waals surface area contributed by atoms with E-state index in [4.69, 9.17) is 0 Å². The van der Waals surface area contributed by atoms with Crippen LogP contribution in [0.15, 0.2) is 6.07 Å². The van der Waals surface area contributed by atoms with Gasteiger partial charge < -0.3 is 14.2 Å².